The van der Waals surface area contributed by atoms with Gasteiger partial charge < -0.3 is 5.32 Å². The molecule has 2 atom stereocenters. The molecule has 0 bridgehead atoms. The van der Waals surface area contributed by atoms with E-state index in [0.29, 0.717) is 17.8 Å². The fourth-order valence-electron chi connectivity index (χ4n) is 2.95. The monoisotopic (exact) mass is 248 g/mol. The highest BCUT2D eigenvalue weighted by atomic mass is 16.6. The maximum atomic E-state index is 11.0. The molecule has 0 saturated carbocycles. The van der Waals surface area contributed by atoms with Crippen LogP contribution in [-0.4, -0.2) is 11.5 Å². The molecule has 1 aromatic rings. The summed E-state index contributed by atoms with van der Waals surface area (Å²) in [6.45, 7) is 7.48. The summed E-state index contributed by atoms with van der Waals surface area (Å²) in [7, 11) is 0. The van der Waals surface area contributed by atoms with Gasteiger partial charge in [0.2, 0.25) is 0 Å². The second-order valence-electron chi connectivity index (χ2n) is 5.59. The van der Waals surface area contributed by atoms with Crippen molar-refractivity contribution >= 4 is 11.4 Å². The van der Waals surface area contributed by atoms with Crippen LogP contribution in [0, 0.1) is 22.0 Å². The third-order valence-electron chi connectivity index (χ3n) is 3.70. The van der Waals surface area contributed by atoms with Crippen LogP contribution in [0.4, 0.5) is 11.4 Å². The number of rotatable bonds is 4. The molecule has 1 heterocycles. The molecular weight excluding hydrogens is 228 g/mol. The van der Waals surface area contributed by atoms with E-state index in [4.69, 9.17) is 0 Å². The first-order chi connectivity index (χ1) is 8.50. The molecule has 0 spiro atoms. The third-order valence-corrected chi connectivity index (χ3v) is 3.70. The fourth-order valence-corrected chi connectivity index (χ4v) is 2.95. The number of fused-ring (bicyclic) bond motifs is 1. The summed E-state index contributed by atoms with van der Waals surface area (Å²) in [5.74, 6) is 1.59. The molecule has 4 heteroatoms. The van der Waals surface area contributed by atoms with Crippen molar-refractivity contribution in [3.05, 3.63) is 33.9 Å². The van der Waals surface area contributed by atoms with Crippen molar-refractivity contribution in [3.8, 4) is 0 Å². The quantitative estimate of drug-likeness (QED) is 0.651. The zero-order chi connectivity index (χ0) is 13.3. The Morgan fingerprint density at radius 3 is 2.78 bits per heavy atom. The number of hydrogen-bond donors (Lipinski definition) is 1. The Morgan fingerprint density at radius 1 is 1.44 bits per heavy atom. The molecule has 18 heavy (non-hydrogen) atoms. The molecule has 1 N–H and O–H groups in total. The van der Waals surface area contributed by atoms with Gasteiger partial charge in [-0.3, -0.25) is 10.1 Å². The lowest BCUT2D eigenvalue weighted by Crippen LogP contribution is -2.14. The summed E-state index contributed by atoms with van der Waals surface area (Å²) in [5.41, 5.74) is 2.03. The third kappa shape index (κ3) is 2.33. The van der Waals surface area contributed by atoms with E-state index < -0.39 is 0 Å². The van der Waals surface area contributed by atoms with E-state index in [0.717, 1.165) is 24.2 Å². The molecule has 2 rings (SSSR count). The first kappa shape index (κ1) is 12.9. The number of anilines is 1. The van der Waals surface area contributed by atoms with E-state index in [9.17, 15) is 10.1 Å². The Bertz CT molecular complexity index is 457. The van der Waals surface area contributed by atoms with Gasteiger partial charge in [0, 0.05) is 18.5 Å². The van der Waals surface area contributed by atoms with E-state index in [-0.39, 0.29) is 10.6 Å². The van der Waals surface area contributed by atoms with Crippen LogP contribution in [0.2, 0.25) is 0 Å². The second kappa shape index (κ2) is 4.96. The zero-order valence-electron chi connectivity index (χ0n) is 11.1. The topological polar surface area (TPSA) is 55.2 Å². The fraction of sp³-hybridized carbons (Fsp3) is 0.571. The van der Waals surface area contributed by atoms with Crippen molar-refractivity contribution in [2.24, 2.45) is 11.8 Å². The van der Waals surface area contributed by atoms with Gasteiger partial charge in [0.15, 0.2) is 0 Å². The summed E-state index contributed by atoms with van der Waals surface area (Å²) in [6.07, 6.45) is 1.15. The summed E-state index contributed by atoms with van der Waals surface area (Å²) in [4.78, 5) is 10.7. The highest BCUT2D eigenvalue weighted by molar-refractivity contribution is 5.70. The average Bonchev–Trinajstić information content (AvgIpc) is 2.70. The Hall–Kier alpha value is -1.58. The smallest absolute Gasteiger partial charge is 0.292 e. The number of nitro benzene ring substituents is 1. The van der Waals surface area contributed by atoms with Gasteiger partial charge in [-0.2, -0.15) is 0 Å². The summed E-state index contributed by atoms with van der Waals surface area (Å²) in [6, 6.07) is 5.38. The van der Waals surface area contributed by atoms with Crippen molar-refractivity contribution in [3.63, 3.8) is 0 Å². The molecule has 1 aliphatic heterocycles. The van der Waals surface area contributed by atoms with Crippen LogP contribution >= 0.6 is 0 Å². The molecule has 2 unspecified atom stereocenters. The highest BCUT2D eigenvalue weighted by Crippen LogP contribution is 2.42. The molecule has 0 fully saturated rings. The molecule has 0 amide bonds. The predicted molar refractivity (Wildman–Crippen MR) is 72.9 cm³/mol. The zero-order valence-corrected chi connectivity index (χ0v) is 11.1. The number of benzene rings is 1. The minimum atomic E-state index is -0.304. The lowest BCUT2D eigenvalue weighted by molar-refractivity contribution is -0.383. The van der Waals surface area contributed by atoms with E-state index >= 15 is 0 Å². The van der Waals surface area contributed by atoms with Crippen molar-refractivity contribution in [1.29, 1.82) is 0 Å². The van der Waals surface area contributed by atoms with Crippen LogP contribution in [0.3, 0.4) is 0 Å². The lowest BCUT2D eigenvalue weighted by Gasteiger charge is -2.21. The Morgan fingerprint density at radius 2 is 2.17 bits per heavy atom. The van der Waals surface area contributed by atoms with Crippen LogP contribution in [0.1, 0.15) is 38.7 Å². The van der Waals surface area contributed by atoms with E-state index in [2.05, 4.69) is 26.1 Å². The Balaban J connectivity index is 2.28. The number of hydrogen-bond acceptors (Lipinski definition) is 3. The van der Waals surface area contributed by atoms with Crippen molar-refractivity contribution in [2.75, 3.05) is 11.9 Å². The van der Waals surface area contributed by atoms with Crippen molar-refractivity contribution in [2.45, 2.75) is 33.1 Å². The largest absolute Gasteiger partial charge is 0.379 e. The first-order valence-electron chi connectivity index (χ1n) is 6.52. The number of nitro groups is 1. The molecule has 98 valence electrons. The standard InChI is InChI=1S/C14H20N2O2/c1-9(2)7-10(3)12-8-15-14-11(12)5-4-6-13(14)16(17)18/h4-6,9-10,12,15H,7-8H2,1-3H3. The second-order valence-corrected chi connectivity index (χ2v) is 5.59. The van der Waals surface area contributed by atoms with E-state index in [1.807, 2.05) is 6.07 Å². The molecule has 1 aliphatic rings. The van der Waals surface area contributed by atoms with Gasteiger partial charge in [-0.1, -0.05) is 32.9 Å². The normalized spacial score (nSPS) is 19.4. The van der Waals surface area contributed by atoms with Crippen LogP contribution in [0.25, 0.3) is 0 Å². The van der Waals surface area contributed by atoms with Gasteiger partial charge >= 0.3 is 0 Å². The maximum absolute atomic E-state index is 11.0. The first-order valence-corrected chi connectivity index (χ1v) is 6.52. The van der Waals surface area contributed by atoms with Gasteiger partial charge in [-0.15, -0.1) is 0 Å². The summed E-state index contributed by atoms with van der Waals surface area (Å²) in [5, 5.41) is 14.2. The average molecular weight is 248 g/mol. The van der Waals surface area contributed by atoms with E-state index in [1.54, 1.807) is 12.1 Å². The van der Waals surface area contributed by atoms with Gasteiger partial charge in [-0.25, -0.2) is 0 Å². The lowest BCUT2D eigenvalue weighted by atomic mass is 9.83. The maximum Gasteiger partial charge on any atom is 0.292 e. The van der Waals surface area contributed by atoms with Crippen LogP contribution in [0.15, 0.2) is 18.2 Å². The Labute approximate surface area is 108 Å². The van der Waals surface area contributed by atoms with Gasteiger partial charge in [-0.05, 0) is 23.8 Å². The van der Waals surface area contributed by atoms with Crippen LogP contribution < -0.4 is 5.32 Å². The molecule has 4 nitrogen and oxygen atoms in total. The molecule has 0 aromatic heterocycles. The minimum Gasteiger partial charge on any atom is -0.379 e. The Kier molecular flexibility index (Phi) is 3.55. The SMILES string of the molecule is CC(C)CC(C)C1CNc2c1cccc2[N+](=O)[O-]. The number of nitrogens with one attached hydrogen (secondary N) is 1. The highest BCUT2D eigenvalue weighted by Gasteiger charge is 2.31. The summed E-state index contributed by atoms with van der Waals surface area (Å²) < 4.78 is 0. The number of nitrogens with zero attached hydrogens (tertiary/aromatic N) is 1. The van der Waals surface area contributed by atoms with Gasteiger partial charge in [0.1, 0.15) is 5.69 Å². The number of para-hydroxylation sites is 1. The van der Waals surface area contributed by atoms with Gasteiger partial charge in [0.25, 0.3) is 5.69 Å². The van der Waals surface area contributed by atoms with Gasteiger partial charge in [0.05, 0.1) is 4.92 Å². The molecule has 0 aliphatic carbocycles. The molecule has 0 saturated heterocycles. The molecule has 1 aromatic carbocycles. The molecule has 0 radical (unpaired) electrons. The van der Waals surface area contributed by atoms with Crippen LogP contribution in [0.5, 0.6) is 0 Å². The minimum absolute atomic E-state index is 0.201. The molecular formula is C14H20N2O2. The summed E-state index contributed by atoms with van der Waals surface area (Å²) >= 11 is 0. The van der Waals surface area contributed by atoms with Crippen molar-refractivity contribution in [1.82, 2.24) is 0 Å². The van der Waals surface area contributed by atoms with E-state index in [1.165, 1.54) is 0 Å². The predicted octanol–water partition coefficient (Wildman–Crippen LogP) is 3.79. The van der Waals surface area contributed by atoms with Crippen molar-refractivity contribution < 1.29 is 4.92 Å². The van der Waals surface area contributed by atoms with Crippen LogP contribution in [-0.2, 0) is 0 Å².